The number of hydrogen-bond acceptors (Lipinski definition) is 9. The van der Waals surface area contributed by atoms with Crippen molar-refractivity contribution in [3.63, 3.8) is 0 Å². The normalized spacial score (nSPS) is 17.4. The third-order valence-electron chi connectivity index (χ3n) is 5.21. The van der Waals surface area contributed by atoms with Crippen LogP contribution in [0.1, 0.15) is 18.9 Å². The van der Waals surface area contributed by atoms with E-state index < -0.39 is 23.4 Å². The quantitative estimate of drug-likeness (QED) is 0.303. The van der Waals surface area contributed by atoms with Gasteiger partial charge in [0.25, 0.3) is 5.91 Å². The summed E-state index contributed by atoms with van der Waals surface area (Å²) in [4.78, 5) is 38.1. The molecule has 3 aromatic rings. The number of ether oxygens (including phenoxy) is 1. The second-order valence-electron chi connectivity index (χ2n) is 7.22. The van der Waals surface area contributed by atoms with Gasteiger partial charge >= 0.3 is 6.03 Å². The maximum atomic E-state index is 13.1. The zero-order chi connectivity index (χ0) is 24.1. The molecule has 0 radical (unpaired) electrons. The van der Waals surface area contributed by atoms with E-state index >= 15 is 0 Å². The van der Waals surface area contributed by atoms with Gasteiger partial charge in [0.1, 0.15) is 11.3 Å². The standard InChI is InChI=1S/C22H22N6O4S2/c1-3-22(14-9-5-4-6-10-14)18(30)28(20(31)24-22)27-17(29)13-33-21-26-25-19(34-21)23-15-11-7-8-12-16(15)32-2/h4-12H,3,13H2,1-2H3,(H,23,25)(H,24,31)(H,27,29)/t22-/m1/s1. The van der Waals surface area contributed by atoms with Crippen molar-refractivity contribution >= 4 is 51.8 Å². The van der Waals surface area contributed by atoms with E-state index in [0.717, 1.165) is 22.5 Å². The Balaban J connectivity index is 1.36. The third kappa shape index (κ3) is 4.68. The Morgan fingerprint density at radius 1 is 1.15 bits per heavy atom. The van der Waals surface area contributed by atoms with E-state index in [0.29, 0.717) is 27.2 Å². The number of carbonyl (C=O) groups excluding carboxylic acids is 3. The zero-order valence-corrected chi connectivity index (χ0v) is 20.0. The molecule has 1 atom stereocenters. The minimum absolute atomic E-state index is 0.0508. The largest absolute Gasteiger partial charge is 0.495 e. The molecular weight excluding hydrogens is 476 g/mol. The van der Waals surface area contributed by atoms with Crippen LogP contribution in [0.4, 0.5) is 15.6 Å². The Hall–Kier alpha value is -3.64. The summed E-state index contributed by atoms with van der Waals surface area (Å²) in [5.74, 6) is -0.421. The molecule has 34 heavy (non-hydrogen) atoms. The molecular formula is C22H22N6O4S2. The van der Waals surface area contributed by atoms with Crippen LogP contribution in [-0.2, 0) is 15.1 Å². The number of carbonyl (C=O) groups is 3. The van der Waals surface area contributed by atoms with Crippen molar-refractivity contribution < 1.29 is 19.1 Å². The average molecular weight is 499 g/mol. The lowest BCUT2D eigenvalue weighted by Crippen LogP contribution is -2.49. The summed E-state index contributed by atoms with van der Waals surface area (Å²) >= 11 is 2.42. The van der Waals surface area contributed by atoms with Crippen LogP contribution in [0.2, 0.25) is 0 Å². The molecule has 0 aliphatic carbocycles. The maximum absolute atomic E-state index is 13.1. The molecule has 0 saturated carbocycles. The number of anilines is 2. The fourth-order valence-corrected chi connectivity index (χ4v) is 5.06. The summed E-state index contributed by atoms with van der Waals surface area (Å²) in [6, 6.07) is 15.7. The van der Waals surface area contributed by atoms with Crippen molar-refractivity contribution in [2.45, 2.75) is 23.2 Å². The highest BCUT2D eigenvalue weighted by Crippen LogP contribution is 2.33. The van der Waals surface area contributed by atoms with Crippen LogP contribution in [0, 0.1) is 0 Å². The smallest absolute Gasteiger partial charge is 0.344 e. The van der Waals surface area contributed by atoms with Crippen LogP contribution in [0.5, 0.6) is 5.75 Å². The van der Waals surface area contributed by atoms with E-state index in [-0.39, 0.29) is 5.75 Å². The van der Waals surface area contributed by atoms with Gasteiger partial charge in [0.2, 0.25) is 11.0 Å². The molecule has 1 fully saturated rings. The highest BCUT2D eigenvalue weighted by atomic mass is 32.2. The number of imide groups is 1. The lowest BCUT2D eigenvalue weighted by molar-refractivity contribution is -0.138. The SMILES string of the molecule is CC[C@]1(c2ccccc2)NC(=O)N(NC(=O)CSc2nnc(Nc3ccccc3OC)s2)C1=O. The number of hydrogen-bond donors (Lipinski definition) is 3. The first-order valence-corrected chi connectivity index (χ1v) is 12.1. The van der Waals surface area contributed by atoms with Gasteiger partial charge in [-0.05, 0) is 24.1 Å². The Labute approximate surface area is 204 Å². The van der Waals surface area contributed by atoms with Gasteiger partial charge in [0.05, 0.1) is 18.6 Å². The Morgan fingerprint density at radius 2 is 1.88 bits per heavy atom. The summed E-state index contributed by atoms with van der Waals surface area (Å²) in [5, 5.41) is 15.3. The molecule has 2 aromatic carbocycles. The minimum atomic E-state index is -1.21. The van der Waals surface area contributed by atoms with E-state index in [4.69, 9.17) is 4.74 Å². The monoisotopic (exact) mass is 498 g/mol. The Morgan fingerprint density at radius 3 is 2.62 bits per heavy atom. The second kappa shape index (κ2) is 10.1. The second-order valence-corrected chi connectivity index (χ2v) is 9.42. The van der Waals surface area contributed by atoms with Gasteiger partial charge in [0.15, 0.2) is 4.34 Å². The number of aromatic nitrogens is 2. The summed E-state index contributed by atoms with van der Waals surface area (Å²) < 4.78 is 5.86. The molecule has 4 amide bonds. The molecule has 4 rings (SSSR count). The van der Waals surface area contributed by atoms with Crippen LogP contribution in [0.3, 0.4) is 0 Å². The van der Waals surface area contributed by atoms with Crippen LogP contribution in [0.25, 0.3) is 0 Å². The number of nitrogens with one attached hydrogen (secondary N) is 3. The summed E-state index contributed by atoms with van der Waals surface area (Å²) in [6.07, 6.45) is 0.343. The topological polar surface area (TPSA) is 126 Å². The summed E-state index contributed by atoms with van der Waals surface area (Å²) in [6.45, 7) is 1.80. The predicted octanol–water partition coefficient (Wildman–Crippen LogP) is 3.27. The van der Waals surface area contributed by atoms with Gasteiger partial charge in [-0.15, -0.1) is 10.2 Å². The first-order valence-electron chi connectivity index (χ1n) is 10.3. The average Bonchev–Trinajstić information content (AvgIpc) is 3.41. The first-order chi connectivity index (χ1) is 16.5. The van der Waals surface area contributed by atoms with Gasteiger partial charge in [-0.25, -0.2) is 4.79 Å². The van der Waals surface area contributed by atoms with Crippen LogP contribution < -0.4 is 20.8 Å². The number of thioether (sulfide) groups is 1. The number of para-hydroxylation sites is 2. The Bertz CT molecular complexity index is 1200. The van der Waals surface area contributed by atoms with Crippen molar-refractivity contribution in [2.75, 3.05) is 18.2 Å². The van der Waals surface area contributed by atoms with Crippen molar-refractivity contribution in [3.05, 3.63) is 60.2 Å². The van der Waals surface area contributed by atoms with Crippen molar-refractivity contribution in [1.82, 2.24) is 25.9 Å². The fourth-order valence-electron chi connectivity index (χ4n) is 3.50. The number of rotatable bonds is 9. The first kappa shape index (κ1) is 23.5. The molecule has 10 nitrogen and oxygen atoms in total. The minimum Gasteiger partial charge on any atom is -0.495 e. The van der Waals surface area contributed by atoms with Gasteiger partial charge in [-0.3, -0.25) is 15.0 Å². The Kier molecular flexibility index (Phi) is 6.98. The molecule has 2 heterocycles. The summed E-state index contributed by atoms with van der Waals surface area (Å²) in [7, 11) is 1.58. The molecule has 1 aliphatic rings. The number of methoxy groups -OCH3 is 1. The van der Waals surface area contributed by atoms with Crippen molar-refractivity contribution in [2.24, 2.45) is 0 Å². The van der Waals surface area contributed by atoms with Gasteiger partial charge in [-0.1, -0.05) is 72.5 Å². The zero-order valence-electron chi connectivity index (χ0n) is 18.4. The number of nitrogens with zero attached hydrogens (tertiary/aromatic N) is 3. The van der Waals surface area contributed by atoms with Gasteiger partial charge in [0, 0.05) is 0 Å². The van der Waals surface area contributed by atoms with E-state index in [1.807, 2.05) is 30.3 Å². The van der Waals surface area contributed by atoms with Crippen LogP contribution in [0.15, 0.2) is 58.9 Å². The highest BCUT2D eigenvalue weighted by Gasteiger charge is 2.52. The van der Waals surface area contributed by atoms with Gasteiger partial charge in [-0.2, -0.15) is 5.01 Å². The van der Waals surface area contributed by atoms with E-state index in [1.165, 1.54) is 11.3 Å². The van der Waals surface area contributed by atoms with E-state index in [9.17, 15) is 14.4 Å². The highest BCUT2D eigenvalue weighted by molar-refractivity contribution is 8.01. The molecule has 0 spiro atoms. The van der Waals surface area contributed by atoms with E-state index in [1.54, 1.807) is 38.3 Å². The van der Waals surface area contributed by atoms with E-state index in [2.05, 4.69) is 26.3 Å². The number of benzene rings is 2. The molecule has 1 saturated heterocycles. The number of urea groups is 1. The number of hydrazine groups is 1. The molecule has 0 bridgehead atoms. The van der Waals surface area contributed by atoms with Crippen molar-refractivity contribution in [3.8, 4) is 5.75 Å². The molecule has 1 aliphatic heterocycles. The fraction of sp³-hybridized carbons (Fsp3) is 0.227. The summed E-state index contributed by atoms with van der Waals surface area (Å²) in [5.41, 5.74) is 2.59. The molecule has 1 aromatic heterocycles. The predicted molar refractivity (Wildman–Crippen MR) is 129 cm³/mol. The lowest BCUT2D eigenvalue weighted by atomic mass is 9.87. The lowest BCUT2D eigenvalue weighted by Gasteiger charge is -2.25. The van der Waals surface area contributed by atoms with Crippen LogP contribution >= 0.6 is 23.1 Å². The maximum Gasteiger partial charge on any atom is 0.344 e. The molecule has 176 valence electrons. The molecule has 0 unspecified atom stereocenters. The molecule has 12 heteroatoms. The molecule has 3 N–H and O–H groups in total. The van der Waals surface area contributed by atoms with Gasteiger partial charge < -0.3 is 15.4 Å². The van der Waals surface area contributed by atoms with Crippen molar-refractivity contribution in [1.29, 1.82) is 0 Å². The van der Waals surface area contributed by atoms with Crippen LogP contribution in [-0.4, -0.2) is 45.9 Å². The number of amides is 4. The third-order valence-corrected chi connectivity index (χ3v) is 7.18.